The Morgan fingerprint density at radius 1 is 0.681 bits per heavy atom. The lowest BCUT2D eigenvalue weighted by Crippen LogP contribution is -1.99. The maximum atomic E-state index is 13.4. The van der Waals surface area contributed by atoms with Crippen LogP contribution < -0.4 is 0 Å². The predicted molar refractivity (Wildman–Crippen MR) is 198 cm³/mol. The Labute approximate surface area is 272 Å². The number of hydrogen-bond acceptors (Lipinski definition) is 1. The van der Waals surface area contributed by atoms with E-state index in [1.165, 1.54) is 10.8 Å². The third-order valence-corrected chi connectivity index (χ3v) is 9.16. The molecule has 8 aromatic rings. The van der Waals surface area contributed by atoms with Crippen LogP contribution in [0.15, 0.2) is 144 Å². The van der Waals surface area contributed by atoms with E-state index in [1.807, 2.05) is 36.4 Å². The van der Waals surface area contributed by atoms with Crippen LogP contribution in [-0.2, 0) is 0 Å². The molecule has 228 valence electrons. The van der Waals surface area contributed by atoms with Gasteiger partial charge in [-0.05, 0) is 67.5 Å². The third kappa shape index (κ3) is 4.64. The molecule has 0 spiro atoms. The quantitative estimate of drug-likeness (QED) is 0.164. The highest BCUT2D eigenvalue weighted by atomic mass is 19.1. The van der Waals surface area contributed by atoms with Crippen molar-refractivity contribution in [3.8, 4) is 0 Å². The number of furan rings is 1. The Morgan fingerprint density at radius 3 is 1.94 bits per heavy atom. The van der Waals surface area contributed by atoms with Crippen molar-refractivity contribution < 1.29 is 8.81 Å². The minimum Gasteiger partial charge on any atom is -0.455 e. The fraction of sp³-hybridized carbons (Fsp3) is 0.0698. The highest BCUT2D eigenvalue weighted by Crippen LogP contribution is 2.38. The van der Waals surface area contributed by atoms with Crippen LogP contribution in [0.25, 0.3) is 77.7 Å². The molecule has 0 aliphatic rings. The summed E-state index contributed by atoms with van der Waals surface area (Å²) in [6.07, 6.45) is 7.75. The average molecular weight is 613 g/mol. The summed E-state index contributed by atoms with van der Waals surface area (Å²) in [5, 5.41) is 5.67. The maximum Gasteiger partial charge on any atom is 0.143 e. The highest BCUT2D eigenvalue weighted by molar-refractivity contribution is 6.12. The molecule has 3 nitrogen and oxygen atoms in total. The lowest BCUT2D eigenvalue weighted by atomic mass is 10.00. The summed E-state index contributed by atoms with van der Waals surface area (Å²) >= 11 is 0. The number of alkyl halides is 1. The van der Waals surface area contributed by atoms with Gasteiger partial charge in [-0.1, -0.05) is 104 Å². The number of hydrogen-bond donors (Lipinski definition) is 0. The van der Waals surface area contributed by atoms with Crippen LogP contribution in [0.2, 0.25) is 0 Å². The SMILES string of the molecule is C=C(/C=C(\C=C(/C)n1c2ccccc2c2ccccc21)c1cccc2c1oc1ccccc12)n1c(/C=C\CF)c(C)c2ccccc21. The van der Waals surface area contributed by atoms with Gasteiger partial charge in [0.2, 0.25) is 0 Å². The number of aryl methyl sites for hydroxylation is 1. The van der Waals surface area contributed by atoms with E-state index in [1.54, 1.807) is 6.08 Å². The molecular formula is C43H33FN2O. The Hall–Kier alpha value is -5.87. The van der Waals surface area contributed by atoms with E-state index in [4.69, 9.17) is 4.42 Å². The van der Waals surface area contributed by atoms with Crippen LogP contribution in [0.5, 0.6) is 0 Å². The summed E-state index contributed by atoms with van der Waals surface area (Å²) in [5.74, 6) is 0. The van der Waals surface area contributed by atoms with Gasteiger partial charge in [0, 0.05) is 49.6 Å². The van der Waals surface area contributed by atoms with E-state index >= 15 is 0 Å². The molecule has 8 rings (SSSR count). The van der Waals surface area contributed by atoms with Gasteiger partial charge >= 0.3 is 0 Å². The van der Waals surface area contributed by atoms with Crippen molar-refractivity contribution in [1.29, 1.82) is 0 Å². The zero-order valence-electron chi connectivity index (χ0n) is 26.4. The van der Waals surface area contributed by atoms with Gasteiger partial charge in [0.1, 0.15) is 17.8 Å². The zero-order chi connectivity index (χ0) is 32.1. The summed E-state index contributed by atoms with van der Waals surface area (Å²) in [7, 11) is 0. The van der Waals surface area contributed by atoms with Crippen LogP contribution in [0.4, 0.5) is 4.39 Å². The van der Waals surface area contributed by atoms with E-state index in [9.17, 15) is 4.39 Å². The summed E-state index contributed by atoms with van der Waals surface area (Å²) < 4.78 is 24.4. The van der Waals surface area contributed by atoms with Gasteiger partial charge in [0.25, 0.3) is 0 Å². The minimum absolute atomic E-state index is 0.538. The van der Waals surface area contributed by atoms with Gasteiger partial charge < -0.3 is 13.6 Å². The second kappa shape index (κ2) is 11.5. The van der Waals surface area contributed by atoms with Gasteiger partial charge in [-0.2, -0.15) is 0 Å². The van der Waals surface area contributed by atoms with E-state index < -0.39 is 6.67 Å². The summed E-state index contributed by atoms with van der Waals surface area (Å²) in [5.41, 5.74) is 10.7. The second-order valence-corrected chi connectivity index (χ2v) is 11.9. The molecule has 0 amide bonds. The van der Waals surface area contributed by atoms with Crippen molar-refractivity contribution in [2.24, 2.45) is 0 Å². The van der Waals surface area contributed by atoms with Crippen LogP contribution in [0, 0.1) is 6.92 Å². The van der Waals surface area contributed by atoms with Crippen LogP contribution in [0.1, 0.15) is 23.7 Å². The maximum absolute atomic E-state index is 13.4. The number of aromatic nitrogens is 2. The van der Waals surface area contributed by atoms with Crippen molar-refractivity contribution in [1.82, 2.24) is 9.13 Å². The molecule has 0 bridgehead atoms. The molecule has 0 aliphatic heterocycles. The fourth-order valence-corrected chi connectivity index (χ4v) is 7.09. The summed E-state index contributed by atoms with van der Waals surface area (Å²) in [6.45, 7) is 8.30. The van der Waals surface area contributed by atoms with Crippen molar-refractivity contribution >= 4 is 77.7 Å². The molecule has 0 fully saturated rings. The number of rotatable bonds is 7. The number of nitrogens with zero attached hydrogens (tertiary/aromatic N) is 2. The minimum atomic E-state index is -0.538. The predicted octanol–water partition coefficient (Wildman–Crippen LogP) is 12.1. The van der Waals surface area contributed by atoms with Gasteiger partial charge in [-0.3, -0.25) is 0 Å². The molecule has 0 aliphatic carbocycles. The van der Waals surface area contributed by atoms with Crippen LogP contribution in [0.3, 0.4) is 0 Å². The highest BCUT2D eigenvalue weighted by Gasteiger charge is 2.18. The molecule has 0 atom stereocenters. The lowest BCUT2D eigenvalue weighted by molar-refractivity contribution is 0.563. The van der Waals surface area contributed by atoms with Gasteiger partial charge in [0.15, 0.2) is 0 Å². The molecule has 0 saturated carbocycles. The molecule has 4 heteroatoms. The molecule has 0 radical (unpaired) electrons. The Kier molecular flexibility index (Phi) is 6.99. The summed E-state index contributed by atoms with van der Waals surface area (Å²) in [6, 6.07) is 39.8. The van der Waals surface area contributed by atoms with Crippen molar-refractivity contribution in [2.45, 2.75) is 13.8 Å². The second-order valence-electron chi connectivity index (χ2n) is 11.9. The summed E-state index contributed by atoms with van der Waals surface area (Å²) in [4.78, 5) is 0. The van der Waals surface area contributed by atoms with E-state index in [2.05, 4.69) is 127 Å². The smallest absolute Gasteiger partial charge is 0.143 e. The Bertz CT molecular complexity index is 2550. The molecule has 0 unspecified atom stereocenters. The van der Waals surface area contributed by atoms with Gasteiger partial charge in [-0.25, -0.2) is 4.39 Å². The van der Waals surface area contributed by atoms with Crippen molar-refractivity contribution in [2.75, 3.05) is 6.67 Å². The first-order chi connectivity index (χ1) is 23.0. The number of halogens is 1. The number of fused-ring (bicyclic) bond motifs is 7. The van der Waals surface area contributed by atoms with Gasteiger partial charge in [-0.15, -0.1) is 0 Å². The number of benzene rings is 5. The number of allylic oxidation sites excluding steroid dienone is 6. The first-order valence-electron chi connectivity index (χ1n) is 15.9. The Balaban J connectivity index is 1.40. The van der Waals surface area contributed by atoms with E-state index in [0.717, 1.165) is 77.7 Å². The van der Waals surface area contributed by atoms with E-state index in [0.29, 0.717) is 0 Å². The molecule has 5 aromatic carbocycles. The van der Waals surface area contributed by atoms with Crippen LogP contribution >= 0.6 is 0 Å². The monoisotopic (exact) mass is 612 g/mol. The topological polar surface area (TPSA) is 23.0 Å². The van der Waals surface area contributed by atoms with Gasteiger partial charge in [0.05, 0.1) is 16.6 Å². The zero-order valence-corrected chi connectivity index (χ0v) is 26.4. The lowest BCUT2D eigenvalue weighted by Gasteiger charge is -2.14. The normalized spacial score (nSPS) is 12.9. The fourth-order valence-electron chi connectivity index (χ4n) is 7.09. The van der Waals surface area contributed by atoms with Crippen LogP contribution in [-0.4, -0.2) is 15.8 Å². The first-order valence-corrected chi connectivity index (χ1v) is 15.9. The molecular weight excluding hydrogens is 579 g/mol. The van der Waals surface area contributed by atoms with Crippen molar-refractivity contribution in [3.63, 3.8) is 0 Å². The Morgan fingerprint density at radius 2 is 1.26 bits per heavy atom. The molecule has 3 heterocycles. The third-order valence-electron chi connectivity index (χ3n) is 9.16. The standard InChI is InChI=1S/C43H33FN2O/c1-28(45-38(23-13-25-44)30(3)32-14-4-8-20-39(32)45)26-31(33-18-12-19-37-36-17-7-11-24-42(36)47-43(33)37)27-29(2)46-40-21-9-5-15-34(40)35-16-6-10-22-41(35)46/h4-24,26-27H,1,25H2,2-3H3/b23-13-,29-27+,31-26+. The average Bonchev–Trinajstić information content (AvgIpc) is 3.74. The van der Waals surface area contributed by atoms with Crippen molar-refractivity contribution in [3.05, 3.63) is 157 Å². The first kappa shape index (κ1) is 28.6. The molecule has 0 saturated heterocycles. The molecule has 3 aromatic heterocycles. The molecule has 47 heavy (non-hydrogen) atoms. The molecule has 0 N–H and O–H groups in total. The largest absolute Gasteiger partial charge is 0.455 e. The number of para-hydroxylation sites is 5. The van der Waals surface area contributed by atoms with E-state index in [-0.39, 0.29) is 0 Å².